The van der Waals surface area contributed by atoms with Crippen LogP contribution in [0.2, 0.25) is 0 Å². The molecule has 152 valence electrons. The van der Waals surface area contributed by atoms with Gasteiger partial charge in [-0.15, -0.1) is 0 Å². The summed E-state index contributed by atoms with van der Waals surface area (Å²) in [5.41, 5.74) is -0.242. The normalized spacial score (nSPS) is 12.6. The lowest BCUT2D eigenvalue weighted by Crippen LogP contribution is -2.35. The van der Waals surface area contributed by atoms with Crippen LogP contribution in [0.1, 0.15) is 22.8 Å². The zero-order valence-electron chi connectivity index (χ0n) is 15.9. The van der Waals surface area contributed by atoms with Gasteiger partial charge in [0.05, 0.1) is 12.2 Å². The number of methoxy groups -OCH3 is 1. The first-order valence-corrected chi connectivity index (χ1v) is 8.95. The first-order chi connectivity index (χ1) is 13.8. The number of fused-ring (bicyclic) bond motifs is 1. The summed E-state index contributed by atoms with van der Waals surface area (Å²) in [6, 6.07) is 14.9. The van der Waals surface area contributed by atoms with Crippen molar-refractivity contribution >= 4 is 16.7 Å². The van der Waals surface area contributed by atoms with Crippen LogP contribution < -0.4 is 10.1 Å². The highest BCUT2D eigenvalue weighted by Crippen LogP contribution is 2.33. The van der Waals surface area contributed by atoms with Crippen molar-refractivity contribution in [2.75, 3.05) is 13.7 Å². The van der Waals surface area contributed by atoms with Crippen molar-refractivity contribution in [3.63, 3.8) is 0 Å². The topological polar surface area (TPSA) is 47.6 Å². The maximum atomic E-state index is 12.7. The molecule has 1 atom stereocenters. The van der Waals surface area contributed by atoms with E-state index < -0.39 is 11.7 Å². The SMILES string of the molecule is COCC(C)NC(=O)c1ccc2c(Oc3ccc(C(F)(F)F)cc3)cccc2c1. The monoisotopic (exact) mass is 403 g/mol. The lowest BCUT2D eigenvalue weighted by atomic mass is 10.1. The van der Waals surface area contributed by atoms with Crippen molar-refractivity contribution in [3.8, 4) is 11.5 Å². The van der Waals surface area contributed by atoms with Gasteiger partial charge in [-0.1, -0.05) is 12.1 Å². The van der Waals surface area contributed by atoms with Gasteiger partial charge >= 0.3 is 6.18 Å². The summed E-state index contributed by atoms with van der Waals surface area (Å²) in [5.74, 6) is 0.563. The third kappa shape index (κ3) is 5.06. The van der Waals surface area contributed by atoms with Gasteiger partial charge in [0.1, 0.15) is 11.5 Å². The number of halogens is 3. The van der Waals surface area contributed by atoms with Crippen LogP contribution in [0, 0.1) is 0 Å². The van der Waals surface area contributed by atoms with E-state index in [1.807, 2.05) is 13.0 Å². The Bertz CT molecular complexity index is 1000. The summed E-state index contributed by atoms with van der Waals surface area (Å²) in [4.78, 5) is 12.4. The number of alkyl halides is 3. The molecule has 1 unspecified atom stereocenters. The molecule has 1 amide bonds. The number of hydrogen-bond donors (Lipinski definition) is 1. The van der Waals surface area contributed by atoms with Crippen LogP contribution in [-0.2, 0) is 10.9 Å². The second-order valence-corrected chi connectivity index (χ2v) is 6.65. The lowest BCUT2D eigenvalue weighted by molar-refractivity contribution is -0.137. The Morgan fingerprint density at radius 1 is 1.07 bits per heavy atom. The Hall–Kier alpha value is -3.06. The Labute approximate surface area is 166 Å². The van der Waals surface area contributed by atoms with E-state index in [1.165, 1.54) is 12.1 Å². The number of ether oxygens (including phenoxy) is 2. The lowest BCUT2D eigenvalue weighted by Gasteiger charge is -2.14. The van der Waals surface area contributed by atoms with Gasteiger partial charge in [-0.05, 0) is 60.8 Å². The van der Waals surface area contributed by atoms with E-state index >= 15 is 0 Å². The van der Waals surface area contributed by atoms with E-state index in [1.54, 1.807) is 37.4 Å². The molecule has 0 aliphatic rings. The average molecular weight is 403 g/mol. The third-order valence-electron chi connectivity index (χ3n) is 4.31. The molecule has 0 radical (unpaired) electrons. The number of hydrogen-bond acceptors (Lipinski definition) is 3. The minimum Gasteiger partial charge on any atom is -0.457 e. The largest absolute Gasteiger partial charge is 0.457 e. The van der Waals surface area contributed by atoms with Crippen molar-refractivity contribution in [3.05, 3.63) is 71.8 Å². The molecule has 4 nitrogen and oxygen atoms in total. The van der Waals surface area contributed by atoms with Crippen LogP contribution in [0.25, 0.3) is 10.8 Å². The van der Waals surface area contributed by atoms with Gasteiger partial charge in [0.25, 0.3) is 5.91 Å². The first kappa shape index (κ1) is 20.7. The standard InChI is InChI=1S/C22H20F3NO3/c1-14(13-28-2)26-21(27)16-6-11-19-15(12-16)4-3-5-20(19)29-18-9-7-17(8-10-18)22(23,24)25/h3-12,14H,13H2,1-2H3,(H,26,27). The minimum atomic E-state index is -4.39. The molecule has 29 heavy (non-hydrogen) atoms. The quantitative estimate of drug-likeness (QED) is 0.598. The van der Waals surface area contributed by atoms with E-state index in [-0.39, 0.29) is 11.9 Å². The van der Waals surface area contributed by atoms with Gasteiger partial charge in [0.2, 0.25) is 0 Å². The Morgan fingerprint density at radius 2 is 1.79 bits per heavy atom. The van der Waals surface area contributed by atoms with Crippen molar-refractivity contribution in [1.82, 2.24) is 5.32 Å². The van der Waals surface area contributed by atoms with Crippen LogP contribution >= 0.6 is 0 Å². The van der Waals surface area contributed by atoms with Gasteiger partial charge in [-0.2, -0.15) is 13.2 Å². The highest BCUT2D eigenvalue weighted by atomic mass is 19.4. The van der Waals surface area contributed by atoms with Crippen molar-refractivity contribution < 1.29 is 27.4 Å². The van der Waals surface area contributed by atoms with Crippen LogP contribution in [0.3, 0.4) is 0 Å². The number of benzene rings is 3. The third-order valence-corrected chi connectivity index (χ3v) is 4.31. The molecule has 0 saturated carbocycles. The highest BCUT2D eigenvalue weighted by Gasteiger charge is 2.30. The molecule has 0 aromatic heterocycles. The number of amides is 1. The number of carbonyl (C=O) groups excluding carboxylic acids is 1. The Kier molecular flexibility index (Phi) is 6.08. The zero-order chi connectivity index (χ0) is 21.0. The van der Waals surface area contributed by atoms with E-state index in [0.717, 1.165) is 22.9 Å². The van der Waals surface area contributed by atoms with E-state index in [9.17, 15) is 18.0 Å². The molecule has 0 fully saturated rings. The van der Waals surface area contributed by atoms with Crippen LogP contribution in [0.5, 0.6) is 11.5 Å². The molecule has 0 aliphatic carbocycles. The van der Waals surface area contributed by atoms with Gasteiger partial charge in [0, 0.05) is 24.1 Å². The summed E-state index contributed by atoms with van der Waals surface area (Å²) in [6.45, 7) is 2.25. The summed E-state index contributed by atoms with van der Waals surface area (Å²) < 4.78 is 48.9. The van der Waals surface area contributed by atoms with E-state index in [4.69, 9.17) is 9.47 Å². The molecule has 7 heteroatoms. The smallest absolute Gasteiger partial charge is 0.416 e. The number of rotatable bonds is 6. The second kappa shape index (κ2) is 8.53. The van der Waals surface area contributed by atoms with Crippen molar-refractivity contribution in [2.24, 2.45) is 0 Å². The molecule has 3 aromatic carbocycles. The molecule has 3 rings (SSSR count). The van der Waals surface area contributed by atoms with Crippen molar-refractivity contribution in [1.29, 1.82) is 0 Å². The molecule has 0 aliphatic heterocycles. The average Bonchev–Trinajstić information content (AvgIpc) is 2.67. The van der Waals surface area contributed by atoms with E-state index in [2.05, 4.69) is 5.32 Å². The molecule has 0 bridgehead atoms. The van der Waals surface area contributed by atoms with Crippen LogP contribution in [0.15, 0.2) is 60.7 Å². The molecule has 0 saturated heterocycles. The van der Waals surface area contributed by atoms with Gasteiger partial charge < -0.3 is 14.8 Å². The maximum Gasteiger partial charge on any atom is 0.416 e. The summed E-state index contributed by atoms with van der Waals surface area (Å²) >= 11 is 0. The van der Waals surface area contributed by atoms with Gasteiger partial charge in [-0.25, -0.2) is 0 Å². The highest BCUT2D eigenvalue weighted by molar-refractivity contribution is 6.00. The summed E-state index contributed by atoms with van der Waals surface area (Å²) in [6.07, 6.45) is -4.39. The second-order valence-electron chi connectivity index (χ2n) is 6.65. The fourth-order valence-electron chi connectivity index (χ4n) is 2.92. The summed E-state index contributed by atoms with van der Waals surface area (Å²) in [7, 11) is 1.57. The first-order valence-electron chi connectivity index (χ1n) is 8.95. The van der Waals surface area contributed by atoms with Crippen LogP contribution in [0.4, 0.5) is 13.2 Å². The molecular weight excluding hydrogens is 383 g/mol. The number of carbonyl (C=O) groups is 1. The maximum absolute atomic E-state index is 12.7. The fraction of sp³-hybridized carbons (Fsp3) is 0.227. The molecule has 3 aromatic rings. The zero-order valence-corrected chi connectivity index (χ0v) is 15.9. The molecule has 0 spiro atoms. The predicted molar refractivity (Wildman–Crippen MR) is 104 cm³/mol. The number of nitrogens with one attached hydrogen (secondary N) is 1. The molecule has 0 heterocycles. The predicted octanol–water partition coefficient (Wildman–Crippen LogP) is 5.42. The Morgan fingerprint density at radius 3 is 2.45 bits per heavy atom. The molecular formula is C22H20F3NO3. The Balaban J connectivity index is 1.82. The molecule has 1 N–H and O–H groups in total. The van der Waals surface area contributed by atoms with Crippen LogP contribution in [-0.4, -0.2) is 25.7 Å². The van der Waals surface area contributed by atoms with Gasteiger partial charge in [-0.3, -0.25) is 4.79 Å². The summed E-state index contributed by atoms with van der Waals surface area (Å²) in [5, 5.41) is 4.37. The fourth-order valence-corrected chi connectivity index (χ4v) is 2.92. The van der Waals surface area contributed by atoms with E-state index in [0.29, 0.717) is 23.7 Å². The van der Waals surface area contributed by atoms with Crippen molar-refractivity contribution in [2.45, 2.75) is 19.1 Å². The minimum absolute atomic E-state index is 0.127. The van der Waals surface area contributed by atoms with Gasteiger partial charge in [0.15, 0.2) is 0 Å².